The summed E-state index contributed by atoms with van der Waals surface area (Å²) in [6.45, 7) is 3.60. The third kappa shape index (κ3) is 2.03. The molecule has 2 aromatic rings. The van der Waals surface area contributed by atoms with Crippen LogP contribution in [-0.4, -0.2) is 10.5 Å². The maximum Gasteiger partial charge on any atom is 0.270 e. The zero-order valence-corrected chi connectivity index (χ0v) is 13.7. The monoisotopic (exact) mass is 366 g/mol. The first-order valence-electron chi connectivity index (χ1n) is 6.36. The molecule has 108 valence electrons. The van der Waals surface area contributed by atoms with Crippen molar-refractivity contribution in [3.05, 3.63) is 67.0 Å². The number of halogens is 2. The lowest BCUT2D eigenvalue weighted by Crippen LogP contribution is -2.45. The van der Waals surface area contributed by atoms with Crippen molar-refractivity contribution in [3.8, 4) is 0 Å². The van der Waals surface area contributed by atoms with Crippen molar-refractivity contribution in [2.24, 2.45) is 0 Å². The number of nitrogens with one attached hydrogen (secondary N) is 1. The molecule has 4 nitrogen and oxygen atoms in total. The molecular weight excluding hydrogens is 356 g/mol. The third-order valence-corrected chi connectivity index (χ3v) is 4.56. The number of carbonyl (C=O) groups excluding carboxylic acids is 1. The number of hydrogen-bond acceptors (Lipinski definition) is 2. The molecule has 0 fully saturated rings. The van der Waals surface area contributed by atoms with E-state index in [-0.39, 0.29) is 11.5 Å². The van der Waals surface area contributed by atoms with Gasteiger partial charge in [0.05, 0.1) is 4.47 Å². The van der Waals surface area contributed by atoms with E-state index in [2.05, 4.69) is 21.2 Å². The number of aryl methyl sites for hydroxylation is 1. The molecule has 1 unspecified atom stereocenters. The Labute approximate surface area is 134 Å². The number of aromatic nitrogens is 1. The number of amides is 1. The van der Waals surface area contributed by atoms with Gasteiger partial charge < -0.3 is 5.32 Å². The van der Waals surface area contributed by atoms with E-state index >= 15 is 0 Å². The number of nitrogens with zero attached hydrogens (tertiary/aromatic N) is 1. The molecule has 0 saturated heterocycles. The van der Waals surface area contributed by atoms with Gasteiger partial charge in [-0.05, 0) is 59.1 Å². The molecular formula is C15H12BrClN2O2. The molecule has 6 heteroatoms. The van der Waals surface area contributed by atoms with Crippen LogP contribution < -0.4 is 10.9 Å². The minimum Gasteiger partial charge on any atom is -0.324 e. The summed E-state index contributed by atoms with van der Waals surface area (Å²) in [5.41, 5.74) is 0.664. The highest BCUT2D eigenvalue weighted by Crippen LogP contribution is 2.32. The van der Waals surface area contributed by atoms with Crippen LogP contribution in [0, 0.1) is 6.92 Å². The highest BCUT2D eigenvalue weighted by molar-refractivity contribution is 9.10. The molecule has 1 N–H and O–H groups in total. The summed E-state index contributed by atoms with van der Waals surface area (Å²) in [5, 5.41) is 3.44. The Morgan fingerprint density at radius 2 is 2.00 bits per heavy atom. The molecule has 1 aliphatic rings. The van der Waals surface area contributed by atoms with Crippen LogP contribution in [0.3, 0.4) is 0 Å². The molecule has 1 aliphatic heterocycles. The fourth-order valence-corrected chi connectivity index (χ4v) is 3.45. The molecule has 0 bridgehead atoms. The lowest BCUT2D eigenvalue weighted by Gasteiger charge is -2.28. The summed E-state index contributed by atoms with van der Waals surface area (Å²) in [6.07, 6.45) is 0. The summed E-state index contributed by atoms with van der Waals surface area (Å²) in [6, 6.07) is 8.80. The molecule has 1 amide bonds. The van der Waals surface area contributed by atoms with Crippen molar-refractivity contribution >= 4 is 33.4 Å². The largest absolute Gasteiger partial charge is 0.324 e. The second kappa shape index (κ2) is 4.71. The van der Waals surface area contributed by atoms with E-state index in [1.807, 2.05) is 6.07 Å². The minimum atomic E-state index is -0.955. The summed E-state index contributed by atoms with van der Waals surface area (Å²) < 4.78 is 1.91. The van der Waals surface area contributed by atoms with E-state index in [0.717, 1.165) is 11.1 Å². The number of rotatable bonds is 1. The maximum absolute atomic E-state index is 12.5. The predicted octanol–water partition coefficient (Wildman–Crippen LogP) is 3.04. The smallest absolute Gasteiger partial charge is 0.270 e. The van der Waals surface area contributed by atoms with Crippen LogP contribution >= 0.6 is 27.5 Å². The first-order chi connectivity index (χ1) is 9.84. The van der Waals surface area contributed by atoms with Gasteiger partial charge in [0, 0.05) is 5.02 Å². The van der Waals surface area contributed by atoms with Crippen LogP contribution in [0.5, 0.6) is 0 Å². The van der Waals surface area contributed by atoms with Crippen molar-refractivity contribution in [1.82, 2.24) is 9.88 Å². The number of carbonyl (C=O) groups is 1. The van der Waals surface area contributed by atoms with Gasteiger partial charge in [-0.2, -0.15) is 0 Å². The number of benzene rings is 1. The molecule has 0 radical (unpaired) electrons. The van der Waals surface area contributed by atoms with Crippen molar-refractivity contribution in [2.75, 3.05) is 0 Å². The van der Waals surface area contributed by atoms with Gasteiger partial charge in [0.15, 0.2) is 0 Å². The molecule has 2 heterocycles. The summed E-state index contributed by atoms with van der Waals surface area (Å²) >= 11 is 9.30. The number of fused-ring (bicyclic) bond motifs is 1. The third-order valence-electron chi connectivity index (χ3n) is 3.75. The lowest BCUT2D eigenvalue weighted by atomic mass is 10.0. The predicted molar refractivity (Wildman–Crippen MR) is 84.8 cm³/mol. The van der Waals surface area contributed by atoms with Gasteiger partial charge in [0.1, 0.15) is 11.4 Å². The van der Waals surface area contributed by atoms with E-state index in [1.54, 1.807) is 38.1 Å². The Hall–Kier alpha value is -1.59. The van der Waals surface area contributed by atoms with E-state index in [0.29, 0.717) is 15.2 Å². The van der Waals surface area contributed by atoms with Crippen LogP contribution in [0.15, 0.2) is 39.6 Å². The topological polar surface area (TPSA) is 51.1 Å². The van der Waals surface area contributed by atoms with Crippen LogP contribution in [0.25, 0.3) is 0 Å². The zero-order valence-electron chi connectivity index (χ0n) is 11.4. The standard InChI is InChI=1S/C15H12BrClN2O2/c1-8-6-11(16)14(21)19-12(8)13(20)18-15(19,2)9-4-3-5-10(17)7-9/h3-7H,1-2H3,(H,18,20). The summed E-state index contributed by atoms with van der Waals surface area (Å²) in [5.74, 6) is -0.264. The van der Waals surface area contributed by atoms with Crippen LogP contribution in [0.4, 0.5) is 0 Å². The average Bonchev–Trinajstić information content (AvgIpc) is 2.69. The SMILES string of the molecule is Cc1cc(Br)c(=O)n2c1C(=O)NC2(C)c1cccc(Cl)c1. The average molecular weight is 368 g/mol. The quantitative estimate of drug-likeness (QED) is 0.842. The van der Waals surface area contributed by atoms with Gasteiger partial charge >= 0.3 is 0 Å². The fourth-order valence-electron chi connectivity index (χ4n) is 2.74. The van der Waals surface area contributed by atoms with E-state index in [4.69, 9.17) is 11.6 Å². The Morgan fingerprint density at radius 3 is 2.67 bits per heavy atom. The first-order valence-corrected chi connectivity index (χ1v) is 7.53. The lowest BCUT2D eigenvalue weighted by molar-refractivity contribution is 0.0941. The Morgan fingerprint density at radius 1 is 1.29 bits per heavy atom. The molecule has 0 saturated carbocycles. The number of pyridine rings is 1. The molecule has 1 aromatic carbocycles. The minimum absolute atomic E-state index is 0.253. The van der Waals surface area contributed by atoms with Crippen LogP contribution in [-0.2, 0) is 5.66 Å². The fraction of sp³-hybridized carbons (Fsp3) is 0.200. The zero-order chi connectivity index (χ0) is 15.4. The van der Waals surface area contributed by atoms with Gasteiger partial charge in [0.2, 0.25) is 0 Å². The molecule has 1 atom stereocenters. The van der Waals surface area contributed by atoms with Crippen molar-refractivity contribution in [2.45, 2.75) is 19.5 Å². The van der Waals surface area contributed by atoms with Crippen LogP contribution in [0.2, 0.25) is 5.02 Å². The van der Waals surface area contributed by atoms with E-state index in [1.165, 1.54) is 4.57 Å². The molecule has 1 aromatic heterocycles. The first kappa shape index (κ1) is 14.4. The second-order valence-electron chi connectivity index (χ2n) is 5.20. The van der Waals surface area contributed by atoms with Gasteiger partial charge in [-0.3, -0.25) is 14.2 Å². The van der Waals surface area contributed by atoms with Gasteiger partial charge in [-0.15, -0.1) is 0 Å². The second-order valence-corrected chi connectivity index (χ2v) is 6.49. The summed E-state index contributed by atoms with van der Waals surface area (Å²) in [4.78, 5) is 24.8. The van der Waals surface area contributed by atoms with Crippen molar-refractivity contribution in [1.29, 1.82) is 0 Å². The Kier molecular flexibility index (Phi) is 3.22. The normalized spacial score (nSPS) is 20.3. The Balaban J connectivity index is 2.36. The molecule has 21 heavy (non-hydrogen) atoms. The highest BCUT2D eigenvalue weighted by atomic mass is 79.9. The molecule has 3 rings (SSSR count). The highest BCUT2D eigenvalue weighted by Gasteiger charge is 2.42. The van der Waals surface area contributed by atoms with Crippen molar-refractivity contribution < 1.29 is 4.79 Å². The van der Waals surface area contributed by atoms with Crippen LogP contribution in [0.1, 0.15) is 28.5 Å². The Bertz CT molecular complexity index is 831. The number of hydrogen-bond donors (Lipinski definition) is 1. The summed E-state index contributed by atoms with van der Waals surface area (Å²) in [7, 11) is 0. The molecule has 0 aliphatic carbocycles. The van der Waals surface area contributed by atoms with E-state index < -0.39 is 5.66 Å². The van der Waals surface area contributed by atoms with Gasteiger partial charge in [-0.25, -0.2) is 0 Å². The molecule has 0 spiro atoms. The van der Waals surface area contributed by atoms with Gasteiger partial charge in [0.25, 0.3) is 11.5 Å². The van der Waals surface area contributed by atoms with E-state index in [9.17, 15) is 9.59 Å². The van der Waals surface area contributed by atoms with Gasteiger partial charge in [-0.1, -0.05) is 23.7 Å². The maximum atomic E-state index is 12.5. The van der Waals surface area contributed by atoms with Crippen molar-refractivity contribution in [3.63, 3.8) is 0 Å².